The summed E-state index contributed by atoms with van der Waals surface area (Å²) in [5.74, 6) is 2.28. The Balaban J connectivity index is 1.32. The molecule has 0 saturated carbocycles. The van der Waals surface area contributed by atoms with Gasteiger partial charge in [0.15, 0.2) is 11.7 Å². The zero-order valence-electron chi connectivity index (χ0n) is 17.8. The van der Waals surface area contributed by atoms with Crippen LogP contribution in [-0.2, 0) is 11.2 Å². The van der Waals surface area contributed by atoms with Crippen molar-refractivity contribution in [3.63, 3.8) is 0 Å². The Kier molecular flexibility index (Phi) is 6.72. The second-order valence-corrected chi connectivity index (χ2v) is 7.82. The van der Waals surface area contributed by atoms with E-state index in [1.54, 1.807) is 54.7 Å². The zero-order valence-corrected chi connectivity index (χ0v) is 18.6. The van der Waals surface area contributed by atoms with E-state index in [0.29, 0.717) is 45.8 Å². The molecule has 1 N–H and O–H groups in total. The standard InChI is InChI=1S/C26H20ClN3O3/c1-17-14-22(32-21-8-2-18(15-28)3-9-21)10-11-23(17)30-25(31)12-13-26-29-16-24(33-26)19-4-6-20(27)7-5-19/h2-11,14,16H,12-13H2,1H3,(H,30,31). The second-order valence-electron chi connectivity index (χ2n) is 7.39. The lowest BCUT2D eigenvalue weighted by molar-refractivity contribution is -0.116. The highest BCUT2D eigenvalue weighted by molar-refractivity contribution is 6.30. The van der Waals surface area contributed by atoms with E-state index in [9.17, 15) is 4.79 Å². The van der Waals surface area contributed by atoms with Gasteiger partial charge in [0.25, 0.3) is 0 Å². The van der Waals surface area contributed by atoms with Crippen LogP contribution < -0.4 is 10.1 Å². The van der Waals surface area contributed by atoms with Crippen LogP contribution in [0.5, 0.6) is 11.5 Å². The molecule has 1 amide bonds. The van der Waals surface area contributed by atoms with E-state index >= 15 is 0 Å². The first-order valence-corrected chi connectivity index (χ1v) is 10.7. The Morgan fingerprint density at radius 2 is 1.82 bits per heavy atom. The van der Waals surface area contributed by atoms with E-state index in [1.807, 2.05) is 25.1 Å². The fraction of sp³-hybridized carbons (Fsp3) is 0.115. The molecule has 0 radical (unpaired) electrons. The van der Waals surface area contributed by atoms with Gasteiger partial charge in [0.2, 0.25) is 5.91 Å². The van der Waals surface area contributed by atoms with Crippen LogP contribution in [0.3, 0.4) is 0 Å². The quantitative estimate of drug-likeness (QED) is 0.340. The normalized spacial score (nSPS) is 10.5. The number of halogens is 1. The number of oxazole rings is 1. The Labute approximate surface area is 196 Å². The smallest absolute Gasteiger partial charge is 0.224 e. The van der Waals surface area contributed by atoms with Gasteiger partial charge >= 0.3 is 0 Å². The van der Waals surface area contributed by atoms with Crippen LogP contribution in [0.2, 0.25) is 5.02 Å². The van der Waals surface area contributed by atoms with Crippen molar-refractivity contribution in [3.05, 3.63) is 95.0 Å². The summed E-state index contributed by atoms with van der Waals surface area (Å²) < 4.78 is 11.6. The molecular weight excluding hydrogens is 438 g/mol. The van der Waals surface area contributed by atoms with E-state index in [-0.39, 0.29) is 12.3 Å². The van der Waals surface area contributed by atoms with Crippen molar-refractivity contribution >= 4 is 23.2 Å². The summed E-state index contributed by atoms with van der Waals surface area (Å²) in [7, 11) is 0. The molecule has 4 rings (SSSR count). The zero-order chi connectivity index (χ0) is 23.2. The van der Waals surface area contributed by atoms with Gasteiger partial charge in [-0.05, 0) is 79.2 Å². The molecule has 0 saturated heterocycles. The summed E-state index contributed by atoms with van der Waals surface area (Å²) in [6.07, 6.45) is 2.27. The number of ether oxygens (including phenoxy) is 1. The van der Waals surface area contributed by atoms with Crippen molar-refractivity contribution < 1.29 is 13.9 Å². The number of aromatic nitrogens is 1. The van der Waals surface area contributed by atoms with Crippen molar-refractivity contribution in [1.29, 1.82) is 5.26 Å². The number of carbonyl (C=O) groups is 1. The monoisotopic (exact) mass is 457 g/mol. The minimum Gasteiger partial charge on any atom is -0.457 e. The molecule has 0 atom stereocenters. The fourth-order valence-corrected chi connectivity index (χ4v) is 3.31. The molecular formula is C26H20ClN3O3. The van der Waals surface area contributed by atoms with Crippen molar-refractivity contribution in [1.82, 2.24) is 4.98 Å². The van der Waals surface area contributed by atoms with Gasteiger partial charge < -0.3 is 14.5 Å². The summed E-state index contributed by atoms with van der Waals surface area (Å²) in [5, 5.41) is 12.4. The Morgan fingerprint density at radius 1 is 1.09 bits per heavy atom. The number of nitriles is 1. The highest BCUT2D eigenvalue weighted by Gasteiger charge is 2.11. The molecule has 4 aromatic rings. The fourth-order valence-electron chi connectivity index (χ4n) is 3.18. The van der Waals surface area contributed by atoms with Gasteiger partial charge in [-0.3, -0.25) is 4.79 Å². The van der Waals surface area contributed by atoms with Crippen LogP contribution >= 0.6 is 11.6 Å². The van der Waals surface area contributed by atoms with Crippen molar-refractivity contribution in [3.8, 4) is 28.9 Å². The third-order valence-corrected chi connectivity index (χ3v) is 5.19. The maximum Gasteiger partial charge on any atom is 0.224 e. The number of carbonyl (C=O) groups excluding carboxylic acids is 1. The average Bonchev–Trinajstić information content (AvgIpc) is 3.30. The molecule has 1 heterocycles. The molecule has 0 aliphatic rings. The van der Waals surface area contributed by atoms with Crippen LogP contribution in [0.25, 0.3) is 11.3 Å². The summed E-state index contributed by atoms with van der Waals surface area (Å²) in [6.45, 7) is 1.90. The number of anilines is 1. The van der Waals surface area contributed by atoms with Gasteiger partial charge in [-0.15, -0.1) is 0 Å². The predicted molar refractivity (Wildman–Crippen MR) is 126 cm³/mol. The van der Waals surface area contributed by atoms with Crippen LogP contribution in [0.4, 0.5) is 5.69 Å². The number of nitrogens with one attached hydrogen (secondary N) is 1. The summed E-state index contributed by atoms with van der Waals surface area (Å²) >= 11 is 5.91. The van der Waals surface area contributed by atoms with Crippen molar-refractivity contribution in [2.75, 3.05) is 5.32 Å². The molecule has 0 bridgehead atoms. The first-order chi connectivity index (χ1) is 16.0. The minimum absolute atomic E-state index is 0.134. The first kappa shape index (κ1) is 22.1. The molecule has 164 valence electrons. The molecule has 0 unspecified atom stereocenters. The molecule has 33 heavy (non-hydrogen) atoms. The number of nitrogens with zero attached hydrogens (tertiary/aromatic N) is 2. The molecule has 0 fully saturated rings. The van der Waals surface area contributed by atoms with E-state index in [4.69, 9.17) is 26.0 Å². The van der Waals surface area contributed by atoms with E-state index in [2.05, 4.69) is 16.4 Å². The highest BCUT2D eigenvalue weighted by atomic mass is 35.5. The summed E-state index contributed by atoms with van der Waals surface area (Å²) in [6, 6.07) is 21.7. The Hall–Kier alpha value is -4.08. The maximum absolute atomic E-state index is 12.4. The molecule has 0 aliphatic carbocycles. The van der Waals surface area contributed by atoms with Crippen molar-refractivity contribution in [2.24, 2.45) is 0 Å². The van der Waals surface area contributed by atoms with Gasteiger partial charge in [-0.25, -0.2) is 4.98 Å². The molecule has 7 heteroatoms. The average molecular weight is 458 g/mol. The number of hydrogen-bond acceptors (Lipinski definition) is 5. The number of hydrogen-bond donors (Lipinski definition) is 1. The number of benzene rings is 3. The summed E-state index contributed by atoms with van der Waals surface area (Å²) in [4.78, 5) is 16.7. The molecule has 1 aromatic heterocycles. The largest absolute Gasteiger partial charge is 0.457 e. The van der Waals surface area contributed by atoms with Gasteiger partial charge in [0, 0.05) is 29.1 Å². The lowest BCUT2D eigenvalue weighted by Gasteiger charge is -2.11. The van der Waals surface area contributed by atoms with Gasteiger partial charge in [-0.2, -0.15) is 5.26 Å². The van der Waals surface area contributed by atoms with E-state index < -0.39 is 0 Å². The lowest BCUT2D eigenvalue weighted by atomic mass is 10.1. The van der Waals surface area contributed by atoms with Gasteiger partial charge in [0.05, 0.1) is 17.8 Å². The van der Waals surface area contributed by atoms with E-state index in [0.717, 1.165) is 11.1 Å². The van der Waals surface area contributed by atoms with Crippen LogP contribution in [0.1, 0.15) is 23.4 Å². The third kappa shape index (κ3) is 5.79. The Morgan fingerprint density at radius 3 is 2.52 bits per heavy atom. The SMILES string of the molecule is Cc1cc(Oc2ccc(C#N)cc2)ccc1NC(=O)CCc1ncc(-c2ccc(Cl)cc2)o1. The number of amides is 1. The minimum atomic E-state index is -0.134. The highest BCUT2D eigenvalue weighted by Crippen LogP contribution is 2.27. The van der Waals surface area contributed by atoms with Crippen molar-refractivity contribution in [2.45, 2.75) is 19.8 Å². The molecule has 6 nitrogen and oxygen atoms in total. The molecule has 0 aliphatic heterocycles. The molecule has 3 aromatic carbocycles. The lowest BCUT2D eigenvalue weighted by Crippen LogP contribution is -2.13. The van der Waals surface area contributed by atoms with Gasteiger partial charge in [-0.1, -0.05) is 11.6 Å². The van der Waals surface area contributed by atoms with Gasteiger partial charge in [0.1, 0.15) is 11.5 Å². The van der Waals surface area contributed by atoms with E-state index in [1.165, 1.54) is 0 Å². The van der Waals surface area contributed by atoms with Crippen LogP contribution in [0, 0.1) is 18.3 Å². The molecule has 0 spiro atoms. The number of rotatable bonds is 7. The second kappa shape index (κ2) is 10.0. The summed E-state index contributed by atoms with van der Waals surface area (Å²) in [5.41, 5.74) is 3.03. The van der Waals surface area contributed by atoms with Crippen LogP contribution in [-0.4, -0.2) is 10.9 Å². The topological polar surface area (TPSA) is 88.1 Å². The predicted octanol–water partition coefficient (Wildman–Crippen LogP) is 6.54. The third-order valence-electron chi connectivity index (χ3n) is 4.94. The number of aryl methyl sites for hydroxylation is 2. The maximum atomic E-state index is 12.4. The van der Waals surface area contributed by atoms with Crippen LogP contribution in [0.15, 0.2) is 77.3 Å². The first-order valence-electron chi connectivity index (χ1n) is 10.3. The Bertz CT molecular complexity index is 1310.